The summed E-state index contributed by atoms with van der Waals surface area (Å²) in [6, 6.07) is 9.40. The van der Waals surface area contributed by atoms with Crippen molar-refractivity contribution in [3.8, 4) is 11.5 Å². The van der Waals surface area contributed by atoms with Gasteiger partial charge in [-0.1, -0.05) is 19.9 Å². The quantitative estimate of drug-likeness (QED) is 0.922. The van der Waals surface area contributed by atoms with Crippen LogP contribution in [0.4, 0.5) is 0 Å². The van der Waals surface area contributed by atoms with Crippen molar-refractivity contribution < 1.29 is 14.3 Å². The summed E-state index contributed by atoms with van der Waals surface area (Å²) in [5, 5.41) is 3.12. The molecule has 1 aromatic heterocycles. The molecule has 5 nitrogen and oxygen atoms in total. The predicted molar refractivity (Wildman–Crippen MR) is 96.1 cm³/mol. The molecule has 1 N–H and O–H groups in total. The van der Waals surface area contributed by atoms with Gasteiger partial charge in [0.2, 0.25) is 0 Å². The Hall–Kier alpha value is -2.56. The van der Waals surface area contributed by atoms with Crippen LogP contribution in [0.3, 0.4) is 0 Å². The molecule has 2 heterocycles. The fraction of sp³-hybridized carbons (Fsp3) is 0.400. The number of aromatic nitrogens is 1. The van der Waals surface area contributed by atoms with E-state index in [0.717, 1.165) is 29.2 Å². The smallest absolute Gasteiger partial charge is 0.253 e. The third-order valence-electron chi connectivity index (χ3n) is 4.26. The van der Waals surface area contributed by atoms with Gasteiger partial charge in [-0.05, 0) is 42.7 Å². The number of nitrogens with one attached hydrogen (secondary N) is 1. The molecule has 0 spiro atoms. The minimum Gasteiger partial charge on any atom is -0.490 e. The monoisotopic (exact) mass is 340 g/mol. The lowest BCUT2D eigenvalue weighted by molar-refractivity contribution is 0.0925. The first kappa shape index (κ1) is 17.3. The topological polar surface area (TPSA) is 60.5 Å². The van der Waals surface area contributed by atoms with Crippen LogP contribution in [0.5, 0.6) is 11.5 Å². The first-order valence-corrected chi connectivity index (χ1v) is 8.67. The van der Waals surface area contributed by atoms with E-state index in [-0.39, 0.29) is 17.9 Å². The number of aryl methyl sites for hydroxylation is 1. The van der Waals surface area contributed by atoms with Crippen LogP contribution in [0, 0.1) is 12.8 Å². The molecule has 0 fully saturated rings. The molecule has 2 aromatic rings. The summed E-state index contributed by atoms with van der Waals surface area (Å²) in [6.07, 6.45) is 2.48. The second kappa shape index (κ2) is 7.55. The second-order valence-electron chi connectivity index (χ2n) is 6.64. The molecule has 3 rings (SSSR count). The Morgan fingerprint density at radius 2 is 1.88 bits per heavy atom. The van der Waals surface area contributed by atoms with Gasteiger partial charge in [0.05, 0.1) is 24.8 Å². The van der Waals surface area contributed by atoms with Gasteiger partial charge in [0.15, 0.2) is 11.5 Å². The molecule has 0 aliphatic carbocycles. The van der Waals surface area contributed by atoms with Crippen molar-refractivity contribution in [2.24, 2.45) is 5.92 Å². The summed E-state index contributed by atoms with van der Waals surface area (Å²) in [5.74, 6) is 1.61. The van der Waals surface area contributed by atoms with E-state index < -0.39 is 0 Å². The number of amides is 1. The normalized spacial score (nSPS) is 14.7. The van der Waals surface area contributed by atoms with Crippen molar-refractivity contribution >= 4 is 5.91 Å². The maximum Gasteiger partial charge on any atom is 0.253 e. The van der Waals surface area contributed by atoms with Crippen molar-refractivity contribution in [3.05, 3.63) is 53.3 Å². The number of hydrogen-bond acceptors (Lipinski definition) is 4. The predicted octanol–water partition coefficient (Wildman–Crippen LogP) is 3.68. The lowest BCUT2D eigenvalue weighted by Gasteiger charge is -2.24. The van der Waals surface area contributed by atoms with Gasteiger partial charge >= 0.3 is 0 Å². The number of nitrogens with zero attached hydrogens (tertiary/aromatic N) is 1. The number of carbonyl (C=O) groups is 1. The van der Waals surface area contributed by atoms with Crippen LogP contribution < -0.4 is 14.8 Å². The average molecular weight is 340 g/mol. The van der Waals surface area contributed by atoms with E-state index in [9.17, 15) is 4.79 Å². The molecule has 1 amide bonds. The zero-order chi connectivity index (χ0) is 17.8. The molecule has 25 heavy (non-hydrogen) atoms. The van der Waals surface area contributed by atoms with Crippen molar-refractivity contribution in [2.75, 3.05) is 13.2 Å². The number of fused-ring (bicyclic) bond motifs is 1. The number of benzene rings is 1. The lowest BCUT2D eigenvalue weighted by atomic mass is 9.95. The minimum absolute atomic E-state index is 0.119. The maximum atomic E-state index is 12.6. The van der Waals surface area contributed by atoms with E-state index >= 15 is 0 Å². The van der Waals surface area contributed by atoms with Gasteiger partial charge in [0, 0.05) is 18.3 Å². The van der Waals surface area contributed by atoms with E-state index in [2.05, 4.69) is 24.1 Å². The molecular weight excluding hydrogens is 316 g/mol. The van der Waals surface area contributed by atoms with E-state index in [4.69, 9.17) is 9.47 Å². The molecule has 1 aliphatic rings. The van der Waals surface area contributed by atoms with E-state index in [0.29, 0.717) is 18.8 Å². The lowest BCUT2D eigenvalue weighted by Crippen LogP contribution is -2.31. The number of carbonyl (C=O) groups excluding carboxylic acids is 1. The van der Waals surface area contributed by atoms with Crippen molar-refractivity contribution in [1.82, 2.24) is 10.3 Å². The van der Waals surface area contributed by atoms with E-state index in [1.165, 1.54) is 0 Å². The van der Waals surface area contributed by atoms with Crippen LogP contribution in [0.2, 0.25) is 0 Å². The zero-order valence-corrected chi connectivity index (χ0v) is 14.9. The van der Waals surface area contributed by atoms with Crippen LogP contribution >= 0.6 is 0 Å². The largest absolute Gasteiger partial charge is 0.490 e. The SMILES string of the molecule is Cc1ccc(C(=O)NC(c2ccc3c(c2)OCCCO3)C(C)C)cn1. The van der Waals surface area contributed by atoms with Crippen molar-refractivity contribution in [1.29, 1.82) is 0 Å². The molecule has 1 aromatic carbocycles. The zero-order valence-electron chi connectivity index (χ0n) is 14.9. The highest BCUT2D eigenvalue weighted by Gasteiger charge is 2.21. The molecule has 0 saturated carbocycles. The van der Waals surface area contributed by atoms with Crippen LogP contribution in [0.25, 0.3) is 0 Å². The first-order valence-electron chi connectivity index (χ1n) is 8.67. The van der Waals surface area contributed by atoms with Crippen LogP contribution in [0.1, 0.15) is 47.9 Å². The Balaban J connectivity index is 1.82. The Bertz CT molecular complexity index is 741. The summed E-state index contributed by atoms with van der Waals surface area (Å²) in [6.45, 7) is 7.38. The average Bonchev–Trinajstić information content (AvgIpc) is 2.84. The number of rotatable bonds is 4. The maximum absolute atomic E-state index is 12.6. The number of hydrogen-bond donors (Lipinski definition) is 1. The summed E-state index contributed by atoms with van der Waals surface area (Å²) >= 11 is 0. The fourth-order valence-corrected chi connectivity index (χ4v) is 2.83. The summed E-state index contributed by atoms with van der Waals surface area (Å²) in [4.78, 5) is 16.8. The standard InChI is InChI=1S/C20H24N2O3/c1-13(2)19(22-20(23)16-6-5-14(3)21-12-16)15-7-8-17-18(11-15)25-10-4-9-24-17/h5-8,11-13,19H,4,9-10H2,1-3H3,(H,22,23). The van der Waals surface area contributed by atoms with Crippen LogP contribution in [-0.4, -0.2) is 24.1 Å². The summed E-state index contributed by atoms with van der Waals surface area (Å²) in [5.41, 5.74) is 2.46. The Morgan fingerprint density at radius 3 is 2.56 bits per heavy atom. The third kappa shape index (κ3) is 4.10. The number of ether oxygens (including phenoxy) is 2. The molecule has 132 valence electrons. The molecular formula is C20H24N2O3. The van der Waals surface area contributed by atoms with Gasteiger partial charge in [-0.25, -0.2) is 0 Å². The van der Waals surface area contributed by atoms with Crippen molar-refractivity contribution in [2.45, 2.75) is 33.2 Å². The second-order valence-corrected chi connectivity index (χ2v) is 6.64. The van der Waals surface area contributed by atoms with Gasteiger partial charge in [0.1, 0.15) is 0 Å². The Kier molecular flexibility index (Phi) is 5.22. The Morgan fingerprint density at radius 1 is 1.12 bits per heavy atom. The molecule has 1 unspecified atom stereocenters. The number of pyridine rings is 1. The van der Waals surface area contributed by atoms with Gasteiger partial charge in [-0.3, -0.25) is 9.78 Å². The first-order chi connectivity index (χ1) is 12.0. The molecule has 5 heteroatoms. The highest BCUT2D eigenvalue weighted by Crippen LogP contribution is 2.34. The van der Waals surface area contributed by atoms with Gasteiger partial charge in [0.25, 0.3) is 5.91 Å². The van der Waals surface area contributed by atoms with Gasteiger partial charge in [-0.15, -0.1) is 0 Å². The van der Waals surface area contributed by atoms with Gasteiger partial charge < -0.3 is 14.8 Å². The van der Waals surface area contributed by atoms with Crippen LogP contribution in [-0.2, 0) is 0 Å². The molecule has 1 atom stereocenters. The fourth-order valence-electron chi connectivity index (χ4n) is 2.83. The van der Waals surface area contributed by atoms with Crippen molar-refractivity contribution in [3.63, 3.8) is 0 Å². The van der Waals surface area contributed by atoms with Crippen LogP contribution in [0.15, 0.2) is 36.5 Å². The molecule has 0 saturated heterocycles. The highest BCUT2D eigenvalue weighted by atomic mass is 16.5. The molecule has 0 bridgehead atoms. The van der Waals surface area contributed by atoms with Gasteiger partial charge in [-0.2, -0.15) is 0 Å². The molecule has 0 radical (unpaired) electrons. The third-order valence-corrected chi connectivity index (χ3v) is 4.26. The van der Waals surface area contributed by atoms with E-state index in [1.807, 2.05) is 31.2 Å². The molecule has 1 aliphatic heterocycles. The highest BCUT2D eigenvalue weighted by molar-refractivity contribution is 5.94. The minimum atomic E-state index is -0.127. The Labute approximate surface area is 148 Å². The van der Waals surface area contributed by atoms with E-state index in [1.54, 1.807) is 12.3 Å². The summed E-state index contributed by atoms with van der Waals surface area (Å²) in [7, 11) is 0. The summed E-state index contributed by atoms with van der Waals surface area (Å²) < 4.78 is 11.5.